The lowest BCUT2D eigenvalue weighted by Crippen LogP contribution is -2.19. The number of aryl methyl sites for hydroxylation is 2. The first-order chi connectivity index (χ1) is 13.0. The van der Waals surface area contributed by atoms with Gasteiger partial charge in [-0.3, -0.25) is 10.1 Å². The Kier molecular flexibility index (Phi) is 4.35. The summed E-state index contributed by atoms with van der Waals surface area (Å²) in [6, 6.07) is 4.19. The Balaban J connectivity index is 1.54. The molecule has 8 nitrogen and oxygen atoms in total. The first-order valence-electron chi connectivity index (χ1n) is 8.72. The van der Waals surface area contributed by atoms with Gasteiger partial charge in [0.1, 0.15) is 5.82 Å². The van der Waals surface area contributed by atoms with Crippen LogP contribution in [0.15, 0.2) is 24.4 Å². The van der Waals surface area contributed by atoms with E-state index in [0.29, 0.717) is 17.4 Å². The number of halogens is 1. The van der Waals surface area contributed by atoms with E-state index in [1.165, 1.54) is 16.8 Å². The molecule has 2 aromatic heterocycles. The Hall–Kier alpha value is -3.23. The molecule has 138 valence electrons. The lowest BCUT2D eigenvalue weighted by molar-refractivity contribution is 0.102. The molecule has 9 heteroatoms. The molecule has 1 aliphatic carbocycles. The minimum atomic E-state index is -0.674. The van der Waals surface area contributed by atoms with Gasteiger partial charge in [0.05, 0.1) is 11.3 Å². The molecular formula is C18H18FN7O. The molecule has 1 aromatic carbocycles. The van der Waals surface area contributed by atoms with E-state index in [1.807, 2.05) is 0 Å². The van der Waals surface area contributed by atoms with Gasteiger partial charge in [0.2, 0.25) is 5.95 Å². The summed E-state index contributed by atoms with van der Waals surface area (Å²) in [6.07, 6.45) is 4.60. The van der Waals surface area contributed by atoms with Crippen LogP contribution in [-0.4, -0.2) is 36.1 Å². The largest absolute Gasteiger partial charge is 0.290 e. The number of amides is 1. The van der Waals surface area contributed by atoms with Crippen molar-refractivity contribution in [3.63, 3.8) is 0 Å². The summed E-state index contributed by atoms with van der Waals surface area (Å²) in [7, 11) is 0. The fourth-order valence-corrected chi connectivity index (χ4v) is 3.21. The maximum atomic E-state index is 14.5. The highest BCUT2D eigenvalue weighted by Gasteiger charge is 2.19. The average molecular weight is 367 g/mol. The molecule has 3 aromatic rings. The first kappa shape index (κ1) is 17.2. The molecule has 1 aliphatic rings. The van der Waals surface area contributed by atoms with Crippen LogP contribution in [0.5, 0.6) is 0 Å². The number of nitrogens with one attached hydrogen (secondary N) is 1. The van der Waals surface area contributed by atoms with E-state index in [1.54, 1.807) is 19.2 Å². The van der Waals surface area contributed by atoms with Crippen LogP contribution in [0, 0.1) is 18.7 Å². The quantitative estimate of drug-likeness (QED) is 0.762. The summed E-state index contributed by atoms with van der Waals surface area (Å²) < 4.78 is 15.8. The molecule has 0 fully saturated rings. The summed E-state index contributed by atoms with van der Waals surface area (Å²) >= 11 is 0. The van der Waals surface area contributed by atoms with Crippen molar-refractivity contribution in [2.24, 2.45) is 5.92 Å². The van der Waals surface area contributed by atoms with Gasteiger partial charge in [-0.15, -0.1) is 5.10 Å². The number of carbonyl (C=O) groups excluding carboxylic acids is 1. The third-order valence-corrected chi connectivity index (χ3v) is 4.69. The highest BCUT2D eigenvalue weighted by Crippen LogP contribution is 2.24. The monoisotopic (exact) mass is 367 g/mol. The lowest BCUT2D eigenvalue weighted by atomic mass is 9.89. The average Bonchev–Trinajstić information content (AvgIpc) is 3.07. The molecule has 0 saturated carbocycles. The molecule has 1 amide bonds. The van der Waals surface area contributed by atoms with Gasteiger partial charge in [-0.2, -0.15) is 4.68 Å². The van der Waals surface area contributed by atoms with E-state index in [-0.39, 0.29) is 11.5 Å². The third kappa shape index (κ3) is 3.40. The zero-order chi connectivity index (χ0) is 19.0. The van der Waals surface area contributed by atoms with Gasteiger partial charge < -0.3 is 0 Å². The minimum Gasteiger partial charge on any atom is -0.290 e. The maximum absolute atomic E-state index is 14.5. The number of rotatable bonds is 3. The Bertz CT molecular complexity index is 1020. The zero-order valence-electron chi connectivity index (χ0n) is 15.0. The fourth-order valence-electron chi connectivity index (χ4n) is 3.21. The van der Waals surface area contributed by atoms with Crippen molar-refractivity contribution in [3.05, 3.63) is 52.9 Å². The minimum absolute atomic E-state index is 0.0978. The maximum Gasteiger partial charge on any atom is 0.260 e. The van der Waals surface area contributed by atoms with Crippen LogP contribution in [0.25, 0.3) is 5.69 Å². The van der Waals surface area contributed by atoms with Gasteiger partial charge in [0, 0.05) is 18.0 Å². The van der Waals surface area contributed by atoms with Crippen LogP contribution in [0.1, 0.15) is 40.8 Å². The van der Waals surface area contributed by atoms with Crippen molar-refractivity contribution in [1.82, 2.24) is 30.2 Å². The van der Waals surface area contributed by atoms with E-state index in [2.05, 4.69) is 37.7 Å². The molecule has 0 aliphatic heterocycles. The Morgan fingerprint density at radius 3 is 2.96 bits per heavy atom. The summed E-state index contributed by atoms with van der Waals surface area (Å²) in [4.78, 5) is 21.1. The smallest absolute Gasteiger partial charge is 0.260 e. The second kappa shape index (κ2) is 6.82. The van der Waals surface area contributed by atoms with Crippen molar-refractivity contribution in [2.75, 3.05) is 5.32 Å². The first-order valence-corrected chi connectivity index (χ1v) is 8.72. The molecule has 0 spiro atoms. The van der Waals surface area contributed by atoms with Gasteiger partial charge in [-0.25, -0.2) is 14.4 Å². The van der Waals surface area contributed by atoms with Crippen LogP contribution in [0.4, 0.5) is 10.3 Å². The van der Waals surface area contributed by atoms with Gasteiger partial charge >= 0.3 is 0 Å². The van der Waals surface area contributed by atoms with Crippen LogP contribution in [0.2, 0.25) is 0 Å². The van der Waals surface area contributed by atoms with Crippen LogP contribution < -0.4 is 5.32 Å². The normalized spacial score (nSPS) is 16.0. The molecule has 1 unspecified atom stereocenters. The second-order valence-electron chi connectivity index (χ2n) is 6.77. The van der Waals surface area contributed by atoms with Gasteiger partial charge in [0.15, 0.2) is 5.82 Å². The van der Waals surface area contributed by atoms with Gasteiger partial charge in [-0.05, 0) is 60.2 Å². The van der Waals surface area contributed by atoms with Crippen LogP contribution >= 0.6 is 0 Å². The van der Waals surface area contributed by atoms with Crippen molar-refractivity contribution in [1.29, 1.82) is 0 Å². The number of nitrogens with zero attached hydrogens (tertiary/aromatic N) is 6. The Labute approximate surface area is 154 Å². The van der Waals surface area contributed by atoms with E-state index < -0.39 is 11.7 Å². The van der Waals surface area contributed by atoms with Crippen molar-refractivity contribution < 1.29 is 9.18 Å². The predicted octanol–water partition coefficient (Wildman–Crippen LogP) is 2.28. The number of fused-ring (bicyclic) bond motifs is 1. The van der Waals surface area contributed by atoms with Gasteiger partial charge in [-0.1, -0.05) is 6.92 Å². The molecule has 1 N–H and O–H groups in total. The summed E-state index contributed by atoms with van der Waals surface area (Å²) in [6.45, 7) is 3.90. The number of carbonyl (C=O) groups is 1. The second-order valence-corrected chi connectivity index (χ2v) is 6.77. The van der Waals surface area contributed by atoms with Crippen LogP contribution in [-0.2, 0) is 12.8 Å². The van der Waals surface area contributed by atoms with Gasteiger partial charge in [0.25, 0.3) is 5.91 Å². The third-order valence-electron chi connectivity index (χ3n) is 4.69. The van der Waals surface area contributed by atoms with E-state index in [0.717, 1.165) is 30.5 Å². The molecular weight excluding hydrogens is 349 g/mol. The molecule has 0 radical (unpaired) electrons. The zero-order valence-corrected chi connectivity index (χ0v) is 15.0. The highest BCUT2D eigenvalue weighted by atomic mass is 19.1. The molecule has 0 saturated heterocycles. The Morgan fingerprint density at radius 2 is 2.22 bits per heavy atom. The topological polar surface area (TPSA) is 98.5 Å². The fraction of sp³-hybridized carbons (Fsp3) is 0.333. The highest BCUT2D eigenvalue weighted by molar-refractivity contribution is 6.03. The lowest BCUT2D eigenvalue weighted by Gasteiger charge is -2.20. The number of hydrogen-bond acceptors (Lipinski definition) is 6. The van der Waals surface area contributed by atoms with Crippen molar-refractivity contribution in [3.8, 4) is 5.69 Å². The standard InChI is InChI=1S/C18H18FN7O/c1-10-3-6-16-12(7-10)9-20-18(21-16)22-17(27)14-5-4-13(8-15(14)19)26-11(2)23-24-25-26/h4-5,8-10H,3,6-7H2,1-2H3,(H,20,21,22,27). The number of aromatic nitrogens is 6. The van der Waals surface area contributed by atoms with E-state index in [9.17, 15) is 9.18 Å². The molecule has 27 heavy (non-hydrogen) atoms. The number of anilines is 1. The van der Waals surface area contributed by atoms with E-state index >= 15 is 0 Å². The molecule has 1 atom stereocenters. The summed E-state index contributed by atoms with van der Waals surface area (Å²) in [5.74, 6) is 0.0396. The molecule has 2 heterocycles. The van der Waals surface area contributed by atoms with Crippen LogP contribution in [0.3, 0.4) is 0 Å². The SMILES string of the molecule is Cc1nnnn1-c1ccc(C(=O)Nc2ncc3c(n2)CCC(C)C3)c(F)c1. The molecule has 0 bridgehead atoms. The summed E-state index contributed by atoms with van der Waals surface area (Å²) in [5.41, 5.74) is 2.40. The number of hydrogen-bond donors (Lipinski definition) is 1. The van der Waals surface area contributed by atoms with E-state index in [4.69, 9.17) is 0 Å². The molecule has 4 rings (SSSR count). The van der Waals surface area contributed by atoms with Crippen molar-refractivity contribution >= 4 is 11.9 Å². The van der Waals surface area contributed by atoms with Crippen molar-refractivity contribution in [2.45, 2.75) is 33.1 Å². The number of benzene rings is 1. The number of tetrazole rings is 1. The predicted molar refractivity (Wildman–Crippen MR) is 95.0 cm³/mol. The summed E-state index contributed by atoms with van der Waals surface area (Å²) in [5, 5.41) is 13.6. The Morgan fingerprint density at radius 1 is 1.37 bits per heavy atom.